The van der Waals surface area contributed by atoms with E-state index in [1.54, 1.807) is 0 Å². The molecule has 0 radical (unpaired) electrons. The molecule has 0 aliphatic carbocycles. The number of aromatic nitrogens is 2. The van der Waals surface area contributed by atoms with Crippen molar-refractivity contribution in [3.8, 4) is 5.75 Å². The van der Waals surface area contributed by atoms with Crippen LogP contribution in [0.15, 0.2) is 48.7 Å². The van der Waals surface area contributed by atoms with Crippen LogP contribution < -0.4 is 4.74 Å². The molecule has 196 valence electrons. The number of aryl methyl sites for hydroxylation is 1. The van der Waals surface area contributed by atoms with Crippen molar-refractivity contribution in [1.82, 2.24) is 14.9 Å². The Hall–Kier alpha value is -3.47. The van der Waals surface area contributed by atoms with Crippen molar-refractivity contribution in [2.24, 2.45) is 0 Å². The number of β-amino-alcohol motifs (C(OH)–C–C–N with tert-alkyl or cyclic N) is 1. The summed E-state index contributed by atoms with van der Waals surface area (Å²) in [5.41, 5.74) is 3.46. The fourth-order valence-electron chi connectivity index (χ4n) is 4.69. The van der Waals surface area contributed by atoms with Crippen LogP contribution in [0.4, 0.5) is 0 Å². The lowest BCUT2D eigenvalue weighted by molar-refractivity contribution is -0.159. The standard InChI is InChI=1S/C25H29N3O2S.C2H2O4/c1-16-5-3-8-23-24(16)27-25(31-23)18-10-12-28(17(2)13-18)14-19(29)15-30-22-7-4-6-21-20(22)9-11-26-21;3-1(4)2(5)6/h3-9,11,17-19,26,29H,10,12-15H2,1-2H3;(H,3,4)(H,5,6)/t17-,18-,19+;/m1./s1. The summed E-state index contributed by atoms with van der Waals surface area (Å²) in [5.74, 6) is -2.33. The van der Waals surface area contributed by atoms with Gasteiger partial charge in [0.25, 0.3) is 0 Å². The van der Waals surface area contributed by atoms with Crippen LogP contribution in [0, 0.1) is 6.92 Å². The molecule has 2 aromatic heterocycles. The zero-order valence-corrected chi connectivity index (χ0v) is 21.6. The first-order valence-electron chi connectivity index (χ1n) is 12.2. The van der Waals surface area contributed by atoms with Gasteiger partial charge >= 0.3 is 11.9 Å². The maximum Gasteiger partial charge on any atom is 0.414 e. The van der Waals surface area contributed by atoms with Gasteiger partial charge in [-0.2, -0.15) is 0 Å². The van der Waals surface area contributed by atoms with Gasteiger partial charge in [-0.1, -0.05) is 18.2 Å². The molecule has 4 N–H and O–H groups in total. The van der Waals surface area contributed by atoms with E-state index in [1.165, 1.54) is 15.3 Å². The van der Waals surface area contributed by atoms with E-state index >= 15 is 0 Å². The first-order chi connectivity index (χ1) is 17.7. The molecule has 0 unspecified atom stereocenters. The van der Waals surface area contributed by atoms with Crippen molar-refractivity contribution in [1.29, 1.82) is 0 Å². The second kappa shape index (κ2) is 11.7. The molecule has 1 aliphatic heterocycles. The molecule has 0 bridgehead atoms. The van der Waals surface area contributed by atoms with Gasteiger partial charge in [0.2, 0.25) is 0 Å². The Morgan fingerprint density at radius 3 is 2.65 bits per heavy atom. The van der Waals surface area contributed by atoms with Gasteiger partial charge in [0, 0.05) is 35.6 Å². The van der Waals surface area contributed by atoms with E-state index in [2.05, 4.69) is 41.9 Å². The number of carboxylic acids is 2. The Labute approximate surface area is 218 Å². The Morgan fingerprint density at radius 2 is 1.95 bits per heavy atom. The van der Waals surface area contributed by atoms with Gasteiger partial charge in [-0.25, -0.2) is 14.6 Å². The Bertz CT molecular complexity index is 1370. The molecule has 4 aromatic rings. The van der Waals surface area contributed by atoms with Crippen LogP contribution in [0.25, 0.3) is 21.1 Å². The number of para-hydroxylation sites is 1. The maximum absolute atomic E-state index is 10.6. The van der Waals surface area contributed by atoms with E-state index in [9.17, 15) is 5.11 Å². The molecule has 0 amide bonds. The lowest BCUT2D eigenvalue weighted by Gasteiger charge is -2.38. The minimum atomic E-state index is -1.82. The normalized spacial score (nSPS) is 18.8. The maximum atomic E-state index is 10.6. The monoisotopic (exact) mass is 525 g/mol. The summed E-state index contributed by atoms with van der Waals surface area (Å²) < 4.78 is 7.23. The van der Waals surface area contributed by atoms with E-state index in [4.69, 9.17) is 29.5 Å². The van der Waals surface area contributed by atoms with Crippen molar-refractivity contribution in [2.45, 2.75) is 44.8 Å². The minimum absolute atomic E-state index is 0.300. The number of hydrogen-bond acceptors (Lipinski definition) is 7. The third-order valence-corrected chi connectivity index (χ3v) is 7.80. The predicted molar refractivity (Wildman–Crippen MR) is 142 cm³/mol. The number of piperidine rings is 1. The number of ether oxygens (including phenoxy) is 1. The zero-order valence-electron chi connectivity index (χ0n) is 20.8. The number of H-pyrrole nitrogens is 1. The van der Waals surface area contributed by atoms with Gasteiger partial charge in [-0.3, -0.25) is 4.90 Å². The molecule has 1 fully saturated rings. The summed E-state index contributed by atoms with van der Waals surface area (Å²) in [6.07, 6.45) is 3.56. The smallest absolute Gasteiger partial charge is 0.414 e. The van der Waals surface area contributed by atoms with Gasteiger partial charge in [0.1, 0.15) is 18.5 Å². The van der Waals surface area contributed by atoms with E-state index in [1.807, 2.05) is 41.8 Å². The van der Waals surface area contributed by atoms with E-state index < -0.39 is 18.0 Å². The summed E-state index contributed by atoms with van der Waals surface area (Å²) in [6.45, 7) is 6.31. The van der Waals surface area contributed by atoms with Gasteiger partial charge in [0.15, 0.2) is 0 Å². The highest BCUT2D eigenvalue weighted by atomic mass is 32.1. The fraction of sp³-hybridized carbons (Fsp3) is 0.370. The molecular formula is C27H31N3O6S. The number of fused-ring (bicyclic) bond motifs is 2. The number of nitrogens with one attached hydrogen (secondary N) is 1. The Morgan fingerprint density at radius 1 is 1.19 bits per heavy atom. The number of nitrogens with zero attached hydrogens (tertiary/aromatic N) is 2. The van der Waals surface area contributed by atoms with E-state index in [0.29, 0.717) is 25.1 Å². The molecule has 1 aliphatic rings. The highest BCUT2D eigenvalue weighted by Crippen LogP contribution is 2.36. The minimum Gasteiger partial charge on any atom is -0.490 e. The molecule has 3 heterocycles. The number of carboxylic acid groups (broad SMARTS) is 2. The van der Waals surface area contributed by atoms with Crippen LogP contribution in [0.3, 0.4) is 0 Å². The highest BCUT2D eigenvalue weighted by molar-refractivity contribution is 7.18. The number of hydrogen-bond donors (Lipinski definition) is 4. The summed E-state index contributed by atoms with van der Waals surface area (Å²) in [5, 5.41) is 27.7. The lowest BCUT2D eigenvalue weighted by Crippen LogP contribution is -2.45. The quantitative estimate of drug-likeness (QED) is 0.274. The van der Waals surface area contributed by atoms with E-state index in [0.717, 1.165) is 41.6 Å². The second-order valence-electron chi connectivity index (χ2n) is 9.31. The largest absolute Gasteiger partial charge is 0.490 e. The molecule has 1 saturated heterocycles. The number of aromatic amines is 1. The third kappa shape index (κ3) is 6.46. The predicted octanol–water partition coefficient (Wildman–Crippen LogP) is 4.25. The first kappa shape index (κ1) is 26.6. The number of benzene rings is 2. The molecule has 0 saturated carbocycles. The van der Waals surface area contributed by atoms with Gasteiger partial charge in [0.05, 0.1) is 15.2 Å². The molecule has 5 rings (SSSR count). The second-order valence-corrected chi connectivity index (χ2v) is 10.4. The average molecular weight is 526 g/mol. The van der Waals surface area contributed by atoms with Crippen LogP contribution in [-0.2, 0) is 9.59 Å². The summed E-state index contributed by atoms with van der Waals surface area (Å²) in [6, 6.07) is 14.8. The van der Waals surface area contributed by atoms with Gasteiger partial charge in [-0.15, -0.1) is 11.3 Å². The van der Waals surface area contributed by atoms with Crippen LogP contribution in [-0.4, -0.2) is 74.0 Å². The number of carbonyl (C=O) groups is 2. The summed E-state index contributed by atoms with van der Waals surface area (Å²) >= 11 is 1.84. The molecule has 37 heavy (non-hydrogen) atoms. The summed E-state index contributed by atoms with van der Waals surface area (Å²) in [7, 11) is 0. The molecule has 3 atom stereocenters. The molecular weight excluding hydrogens is 494 g/mol. The van der Waals surface area contributed by atoms with Gasteiger partial charge < -0.3 is 25.0 Å². The van der Waals surface area contributed by atoms with Crippen molar-refractivity contribution in [3.63, 3.8) is 0 Å². The average Bonchev–Trinajstić information content (AvgIpc) is 3.52. The topological polar surface area (TPSA) is 136 Å². The first-order valence-corrected chi connectivity index (χ1v) is 13.0. The lowest BCUT2D eigenvalue weighted by atomic mass is 9.92. The number of likely N-dealkylation sites (tertiary alicyclic amines) is 1. The van der Waals surface area contributed by atoms with Gasteiger partial charge in [-0.05, 0) is 63.1 Å². The number of aliphatic hydroxyl groups is 1. The molecule has 2 aromatic carbocycles. The molecule has 9 nitrogen and oxygen atoms in total. The number of aliphatic hydroxyl groups excluding tert-OH is 1. The summed E-state index contributed by atoms with van der Waals surface area (Å²) in [4.78, 5) is 28.7. The number of aliphatic carboxylic acids is 2. The fourth-order valence-corrected chi connectivity index (χ4v) is 5.88. The van der Waals surface area contributed by atoms with E-state index in [-0.39, 0.29) is 0 Å². The van der Waals surface area contributed by atoms with Crippen molar-refractivity contribution in [3.05, 3.63) is 59.2 Å². The van der Waals surface area contributed by atoms with Crippen molar-refractivity contribution >= 4 is 44.4 Å². The number of rotatable bonds is 6. The highest BCUT2D eigenvalue weighted by Gasteiger charge is 2.29. The van der Waals surface area contributed by atoms with Crippen LogP contribution >= 0.6 is 11.3 Å². The van der Waals surface area contributed by atoms with Crippen molar-refractivity contribution in [2.75, 3.05) is 19.7 Å². The van der Waals surface area contributed by atoms with Crippen LogP contribution in [0.2, 0.25) is 0 Å². The molecule has 0 spiro atoms. The number of thiazole rings is 1. The van der Waals surface area contributed by atoms with Crippen LogP contribution in [0.5, 0.6) is 5.75 Å². The third-order valence-electron chi connectivity index (χ3n) is 6.61. The SMILES string of the molecule is Cc1cccc2sc([C@@H]3CCN(C[C@H](O)COc4cccc5[nH]ccc45)[C@H](C)C3)nc12.O=C(O)C(=O)O. The van der Waals surface area contributed by atoms with Crippen molar-refractivity contribution < 1.29 is 29.6 Å². The molecule has 10 heteroatoms. The zero-order chi connectivity index (χ0) is 26.5. The van der Waals surface area contributed by atoms with Crippen LogP contribution in [0.1, 0.15) is 36.3 Å². The Balaban J connectivity index is 0.000000480. The Kier molecular flexibility index (Phi) is 8.42.